The van der Waals surface area contributed by atoms with Crippen LogP contribution >= 0.6 is 11.6 Å². The third-order valence-electron chi connectivity index (χ3n) is 2.52. The molecular formula is C14H10ClFN2O. The van der Waals surface area contributed by atoms with E-state index in [1.165, 1.54) is 12.1 Å². The average Bonchev–Trinajstić information content (AvgIpc) is 2.39. The minimum absolute atomic E-state index is 0.00909. The Morgan fingerprint density at radius 3 is 2.74 bits per heavy atom. The van der Waals surface area contributed by atoms with Crippen LogP contribution in [0.5, 0.6) is 5.75 Å². The van der Waals surface area contributed by atoms with E-state index in [4.69, 9.17) is 27.3 Å². The summed E-state index contributed by atoms with van der Waals surface area (Å²) >= 11 is 5.78. The summed E-state index contributed by atoms with van der Waals surface area (Å²) in [6.45, 7) is 0.195. The first-order valence-corrected chi connectivity index (χ1v) is 5.84. The first-order valence-electron chi connectivity index (χ1n) is 5.46. The summed E-state index contributed by atoms with van der Waals surface area (Å²) in [6.07, 6.45) is 0. The molecule has 5 heteroatoms. The minimum atomic E-state index is -0.544. The molecule has 0 radical (unpaired) electrons. The number of anilines is 1. The van der Waals surface area contributed by atoms with Crippen molar-refractivity contribution in [2.45, 2.75) is 6.61 Å². The Morgan fingerprint density at radius 2 is 2.05 bits per heavy atom. The highest BCUT2D eigenvalue weighted by molar-refractivity contribution is 6.30. The van der Waals surface area contributed by atoms with Gasteiger partial charge >= 0.3 is 0 Å². The molecule has 2 aromatic carbocycles. The second-order valence-electron chi connectivity index (χ2n) is 3.90. The van der Waals surface area contributed by atoms with Crippen LogP contribution in [0.3, 0.4) is 0 Å². The minimum Gasteiger partial charge on any atom is -0.487 e. The van der Waals surface area contributed by atoms with Gasteiger partial charge in [-0.25, -0.2) is 4.39 Å². The molecule has 0 aliphatic rings. The van der Waals surface area contributed by atoms with Crippen molar-refractivity contribution >= 4 is 17.3 Å². The van der Waals surface area contributed by atoms with Crippen molar-refractivity contribution in [1.29, 1.82) is 5.26 Å². The zero-order valence-corrected chi connectivity index (χ0v) is 10.6. The maximum atomic E-state index is 13.1. The number of halogens is 2. The lowest BCUT2D eigenvalue weighted by Gasteiger charge is -2.09. The van der Waals surface area contributed by atoms with Crippen LogP contribution in [-0.2, 0) is 6.61 Å². The zero-order valence-electron chi connectivity index (χ0n) is 9.86. The van der Waals surface area contributed by atoms with Gasteiger partial charge in [0.05, 0.1) is 11.3 Å². The summed E-state index contributed by atoms with van der Waals surface area (Å²) in [4.78, 5) is 0. The molecule has 0 bridgehead atoms. The molecule has 96 valence electrons. The topological polar surface area (TPSA) is 59.0 Å². The molecule has 2 aromatic rings. The maximum Gasteiger partial charge on any atom is 0.142 e. The molecular weight excluding hydrogens is 267 g/mol. The number of hydrogen-bond donors (Lipinski definition) is 1. The Balaban J connectivity index is 2.13. The van der Waals surface area contributed by atoms with E-state index >= 15 is 0 Å². The van der Waals surface area contributed by atoms with E-state index in [2.05, 4.69) is 0 Å². The molecule has 0 saturated heterocycles. The molecule has 0 spiro atoms. The highest BCUT2D eigenvalue weighted by Crippen LogP contribution is 2.25. The number of nitriles is 1. The Morgan fingerprint density at radius 1 is 1.26 bits per heavy atom. The second kappa shape index (κ2) is 5.59. The molecule has 2 rings (SSSR count). The van der Waals surface area contributed by atoms with Gasteiger partial charge in [0.25, 0.3) is 0 Å². The monoisotopic (exact) mass is 276 g/mol. The van der Waals surface area contributed by atoms with E-state index in [0.717, 1.165) is 0 Å². The average molecular weight is 277 g/mol. The van der Waals surface area contributed by atoms with Crippen molar-refractivity contribution in [2.24, 2.45) is 0 Å². The third-order valence-corrected chi connectivity index (χ3v) is 2.75. The Hall–Kier alpha value is -2.25. The summed E-state index contributed by atoms with van der Waals surface area (Å²) in [5.41, 5.74) is 6.85. The van der Waals surface area contributed by atoms with Gasteiger partial charge in [0, 0.05) is 5.02 Å². The standard InChI is InChI=1S/C14H10ClFN2O/c15-11-2-4-14(13(18)6-11)19-8-9-1-3-12(16)10(5-9)7-17/h1-6H,8,18H2. The van der Waals surface area contributed by atoms with E-state index < -0.39 is 5.82 Å². The molecule has 0 unspecified atom stereocenters. The Kier molecular flexibility index (Phi) is 3.88. The van der Waals surface area contributed by atoms with Gasteiger partial charge in [-0.1, -0.05) is 17.7 Å². The van der Waals surface area contributed by atoms with E-state index in [-0.39, 0.29) is 12.2 Å². The molecule has 0 saturated carbocycles. The summed E-state index contributed by atoms with van der Waals surface area (Å²) in [5.74, 6) is -0.0514. The van der Waals surface area contributed by atoms with Crippen molar-refractivity contribution < 1.29 is 9.13 Å². The lowest BCUT2D eigenvalue weighted by atomic mass is 10.1. The first kappa shape index (κ1) is 13.2. The lowest BCUT2D eigenvalue weighted by Crippen LogP contribution is -1.99. The number of nitrogen functional groups attached to an aromatic ring is 1. The predicted molar refractivity (Wildman–Crippen MR) is 71.3 cm³/mol. The van der Waals surface area contributed by atoms with Crippen molar-refractivity contribution in [3.63, 3.8) is 0 Å². The Bertz CT molecular complexity index is 652. The maximum absolute atomic E-state index is 13.1. The van der Waals surface area contributed by atoms with Crippen LogP contribution in [0, 0.1) is 17.1 Å². The largest absolute Gasteiger partial charge is 0.487 e. The summed E-state index contributed by atoms with van der Waals surface area (Å²) < 4.78 is 18.6. The van der Waals surface area contributed by atoms with Crippen LogP contribution < -0.4 is 10.5 Å². The van der Waals surface area contributed by atoms with E-state index in [1.807, 2.05) is 0 Å². The van der Waals surface area contributed by atoms with Gasteiger partial charge in [0.2, 0.25) is 0 Å². The summed E-state index contributed by atoms with van der Waals surface area (Å²) in [6, 6.07) is 10.9. The molecule has 0 heterocycles. The lowest BCUT2D eigenvalue weighted by molar-refractivity contribution is 0.308. The molecule has 0 aliphatic heterocycles. The van der Waals surface area contributed by atoms with Crippen molar-refractivity contribution in [3.05, 3.63) is 58.4 Å². The molecule has 0 aliphatic carbocycles. The molecule has 2 N–H and O–H groups in total. The smallest absolute Gasteiger partial charge is 0.142 e. The van der Waals surface area contributed by atoms with Crippen LogP contribution in [0.25, 0.3) is 0 Å². The number of nitrogens with zero attached hydrogens (tertiary/aromatic N) is 1. The normalized spacial score (nSPS) is 9.95. The van der Waals surface area contributed by atoms with Gasteiger partial charge in [0.15, 0.2) is 0 Å². The molecule has 19 heavy (non-hydrogen) atoms. The number of ether oxygens (including phenoxy) is 1. The molecule has 0 atom stereocenters. The third kappa shape index (κ3) is 3.15. The fourth-order valence-corrected chi connectivity index (χ4v) is 1.74. The molecule has 0 aromatic heterocycles. The van der Waals surface area contributed by atoms with Crippen molar-refractivity contribution in [3.8, 4) is 11.8 Å². The molecule has 3 nitrogen and oxygen atoms in total. The van der Waals surface area contributed by atoms with Gasteiger partial charge < -0.3 is 10.5 Å². The quantitative estimate of drug-likeness (QED) is 0.873. The van der Waals surface area contributed by atoms with Crippen LogP contribution in [-0.4, -0.2) is 0 Å². The molecule has 0 fully saturated rings. The highest BCUT2D eigenvalue weighted by atomic mass is 35.5. The number of hydrogen-bond acceptors (Lipinski definition) is 3. The van der Waals surface area contributed by atoms with Gasteiger partial charge in [-0.05, 0) is 35.9 Å². The van der Waals surface area contributed by atoms with E-state index in [1.54, 1.807) is 30.3 Å². The van der Waals surface area contributed by atoms with Gasteiger partial charge in [0.1, 0.15) is 24.2 Å². The number of nitrogens with two attached hydrogens (primary N) is 1. The van der Waals surface area contributed by atoms with E-state index in [0.29, 0.717) is 22.0 Å². The highest BCUT2D eigenvalue weighted by Gasteiger charge is 2.05. The number of benzene rings is 2. The van der Waals surface area contributed by atoms with Crippen LogP contribution in [0.2, 0.25) is 5.02 Å². The van der Waals surface area contributed by atoms with Crippen molar-refractivity contribution in [2.75, 3.05) is 5.73 Å². The Labute approximate surface area is 115 Å². The number of rotatable bonds is 3. The van der Waals surface area contributed by atoms with Crippen molar-refractivity contribution in [1.82, 2.24) is 0 Å². The summed E-state index contributed by atoms with van der Waals surface area (Å²) in [7, 11) is 0. The van der Waals surface area contributed by atoms with Crippen LogP contribution in [0.1, 0.15) is 11.1 Å². The van der Waals surface area contributed by atoms with Gasteiger partial charge in [-0.15, -0.1) is 0 Å². The van der Waals surface area contributed by atoms with Crippen LogP contribution in [0.4, 0.5) is 10.1 Å². The summed E-state index contributed by atoms with van der Waals surface area (Å²) in [5, 5.41) is 9.26. The SMILES string of the molecule is N#Cc1cc(COc2ccc(Cl)cc2N)ccc1F. The predicted octanol–water partition coefficient (Wildman–Crippen LogP) is 3.51. The second-order valence-corrected chi connectivity index (χ2v) is 4.33. The van der Waals surface area contributed by atoms with E-state index in [9.17, 15) is 4.39 Å². The zero-order chi connectivity index (χ0) is 13.8. The fraction of sp³-hybridized carbons (Fsp3) is 0.0714. The van der Waals surface area contributed by atoms with Crippen LogP contribution in [0.15, 0.2) is 36.4 Å². The molecule has 0 amide bonds. The fourth-order valence-electron chi connectivity index (χ4n) is 1.56. The first-order chi connectivity index (χ1) is 9.10. The van der Waals surface area contributed by atoms with Gasteiger partial charge in [-0.3, -0.25) is 0 Å². The van der Waals surface area contributed by atoms with Gasteiger partial charge in [-0.2, -0.15) is 5.26 Å².